The van der Waals surface area contributed by atoms with Gasteiger partial charge in [-0.1, -0.05) is 13.3 Å². The molecule has 0 aliphatic rings. The van der Waals surface area contributed by atoms with Crippen molar-refractivity contribution >= 4 is 17.4 Å². The number of nitrogens with zero attached hydrogens (tertiary/aromatic N) is 2. The average molecular weight is 285 g/mol. The van der Waals surface area contributed by atoms with Gasteiger partial charge in [-0.15, -0.1) is 0 Å². The van der Waals surface area contributed by atoms with Crippen molar-refractivity contribution in [3.63, 3.8) is 0 Å². The third kappa shape index (κ3) is 4.00. The van der Waals surface area contributed by atoms with Crippen LogP contribution in [0.3, 0.4) is 0 Å². The van der Waals surface area contributed by atoms with Gasteiger partial charge in [0.05, 0.1) is 0 Å². The minimum absolute atomic E-state index is 0.197. The first kappa shape index (κ1) is 14.9. The van der Waals surface area contributed by atoms with Gasteiger partial charge < -0.3 is 10.7 Å². The summed E-state index contributed by atoms with van der Waals surface area (Å²) < 4.78 is 0. The first-order valence-corrected chi connectivity index (χ1v) is 6.84. The Hall–Kier alpha value is -2.47. The Kier molecular flexibility index (Phi) is 4.84. The number of rotatable bonds is 5. The second-order valence-electron chi connectivity index (χ2n) is 4.77. The van der Waals surface area contributed by atoms with Gasteiger partial charge in [-0.05, 0) is 37.6 Å². The van der Waals surface area contributed by atoms with Crippen molar-refractivity contribution < 1.29 is 4.79 Å². The number of aryl methyl sites for hydroxylation is 2. The molecule has 110 valence electrons. The number of aromatic nitrogens is 2. The average Bonchev–Trinajstić information content (AvgIpc) is 2.47. The van der Waals surface area contributed by atoms with Gasteiger partial charge in [0.2, 0.25) is 0 Å². The van der Waals surface area contributed by atoms with Crippen molar-refractivity contribution in [2.24, 2.45) is 5.84 Å². The van der Waals surface area contributed by atoms with E-state index in [-0.39, 0.29) is 5.91 Å². The van der Waals surface area contributed by atoms with Crippen molar-refractivity contribution in [1.82, 2.24) is 9.97 Å². The Morgan fingerprint density at radius 2 is 2.14 bits per heavy atom. The zero-order chi connectivity index (χ0) is 15.2. The highest BCUT2D eigenvalue weighted by atomic mass is 16.1. The number of nitrogens with one attached hydrogen (secondary N) is 2. The van der Waals surface area contributed by atoms with Crippen LogP contribution in [-0.4, -0.2) is 15.9 Å². The maximum atomic E-state index is 12.3. The zero-order valence-electron chi connectivity index (χ0n) is 12.2. The molecule has 0 bridgehead atoms. The molecule has 0 aliphatic heterocycles. The van der Waals surface area contributed by atoms with E-state index in [9.17, 15) is 4.79 Å². The SMILES string of the molecule is CCCc1cc(C(=O)Nc2ccnc(C)c2)cc(NN)n1. The molecule has 0 saturated heterocycles. The third-order valence-corrected chi connectivity index (χ3v) is 2.95. The van der Waals surface area contributed by atoms with Crippen molar-refractivity contribution in [2.45, 2.75) is 26.7 Å². The molecule has 0 fully saturated rings. The van der Waals surface area contributed by atoms with Crippen molar-refractivity contribution in [3.8, 4) is 0 Å². The molecule has 6 nitrogen and oxygen atoms in total. The monoisotopic (exact) mass is 285 g/mol. The number of hydrazine groups is 1. The van der Waals surface area contributed by atoms with Crippen LogP contribution >= 0.6 is 0 Å². The maximum absolute atomic E-state index is 12.3. The van der Waals surface area contributed by atoms with E-state index < -0.39 is 0 Å². The molecule has 2 aromatic rings. The lowest BCUT2D eigenvalue weighted by molar-refractivity contribution is 0.102. The molecule has 4 N–H and O–H groups in total. The van der Waals surface area contributed by atoms with Crippen molar-refractivity contribution in [2.75, 3.05) is 10.7 Å². The molecular formula is C15H19N5O. The Balaban J connectivity index is 2.23. The summed E-state index contributed by atoms with van der Waals surface area (Å²) in [5.74, 6) is 5.69. The van der Waals surface area contributed by atoms with E-state index in [0.29, 0.717) is 17.1 Å². The predicted octanol–water partition coefficient (Wildman–Crippen LogP) is 2.28. The zero-order valence-corrected chi connectivity index (χ0v) is 12.2. The number of nitrogens with two attached hydrogens (primary N) is 1. The molecule has 0 spiro atoms. The molecular weight excluding hydrogens is 266 g/mol. The molecule has 0 radical (unpaired) electrons. The summed E-state index contributed by atoms with van der Waals surface area (Å²) in [6.45, 7) is 3.93. The first-order chi connectivity index (χ1) is 10.1. The van der Waals surface area contributed by atoms with Gasteiger partial charge in [0.1, 0.15) is 5.82 Å². The number of pyridine rings is 2. The molecule has 2 aromatic heterocycles. The van der Waals surface area contributed by atoms with Crippen LogP contribution in [0.5, 0.6) is 0 Å². The van der Waals surface area contributed by atoms with Gasteiger partial charge >= 0.3 is 0 Å². The topological polar surface area (TPSA) is 92.9 Å². The number of carbonyl (C=O) groups excluding carboxylic acids is 1. The van der Waals surface area contributed by atoms with Gasteiger partial charge in [-0.2, -0.15) is 0 Å². The van der Waals surface area contributed by atoms with E-state index in [1.54, 1.807) is 24.4 Å². The fraction of sp³-hybridized carbons (Fsp3) is 0.267. The van der Waals surface area contributed by atoms with Crippen LogP contribution in [0.2, 0.25) is 0 Å². The number of carbonyl (C=O) groups is 1. The van der Waals surface area contributed by atoms with Crippen LogP contribution in [0, 0.1) is 6.92 Å². The standard InChI is InChI=1S/C15H19N5O/c1-3-4-12-8-11(9-14(18-12)20-16)15(21)19-13-5-6-17-10(2)7-13/h5-9H,3-4,16H2,1-2H3,(H,18,20)(H,17,19,21). The van der Waals surface area contributed by atoms with Crippen LogP contribution in [0.15, 0.2) is 30.5 Å². The smallest absolute Gasteiger partial charge is 0.255 e. The molecule has 21 heavy (non-hydrogen) atoms. The lowest BCUT2D eigenvalue weighted by Crippen LogP contribution is -2.15. The molecule has 0 unspecified atom stereocenters. The molecule has 6 heteroatoms. The summed E-state index contributed by atoms with van der Waals surface area (Å²) in [5, 5.41) is 2.84. The molecule has 1 amide bonds. The number of hydrogen-bond donors (Lipinski definition) is 3. The molecule has 0 saturated carbocycles. The highest BCUT2D eigenvalue weighted by Crippen LogP contribution is 2.14. The summed E-state index contributed by atoms with van der Waals surface area (Å²) in [6.07, 6.45) is 3.41. The first-order valence-electron chi connectivity index (χ1n) is 6.84. The van der Waals surface area contributed by atoms with E-state index in [0.717, 1.165) is 24.2 Å². The van der Waals surface area contributed by atoms with Crippen LogP contribution in [0.1, 0.15) is 35.1 Å². The lowest BCUT2D eigenvalue weighted by atomic mass is 10.1. The fourth-order valence-electron chi connectivity index (χ4n) is 2.00. The summed E-state index contributed by atoms with van der Waals surface area (Å²) in [5.41, 5.74) is 5.41. The van der Waals surface area contributed by atoms with E-state index in [2.05, 4.69) is 27.6 Å². The van der Waals surface area contributed by atoms with Gasteiger partial charge in [0.15, 0.2) is 0 Å². The number of anilines is 2. The normalized spacial score (nSPS) is 10.2. The van der Waals surface area contributed by atoms with E-state index in [4.69, 9.17) is 5.84 Å². The van der Waals surface area contributed by atoms with Gasteiger partial charge in [0.25, 0.3) is 5.91 Å². The number of nitrogen functional groups attached to an aromatic ring is 1. The third-order valence-electron chi connectivity index (χ3n) is 2.95. The summed E-state index contributed by atoms with van der Waals surface area (Å²) in [6, 6.07) is 6.98. The Bertz CT molecular complexity index is 642. The minimum atomic E-state index is -0.197. The Morgan fingerprint density at radius 1 is 1.33 bits per heavy atom. The van der Waals surface area contributed by atoms with E-state index >= 15 is 0 Å². The second-order valence-corrected chi connectivity index (χ2v) is 4.77. The summed E-state index contributed by atoms with van der Waals surface area (Å²) >= 11 is 0. The summed E-state index contributed by atoms with van der Waals surface area (Å²) in [4.78, 5) is 20.7. The molecule has 0 aliphatic carbocycles. The highest BCUT2D eigenvalue weighted by Gasteiger charge is 2.10. The van der Waals surface area contributed by atoms with E-state index in [1.165, 1.54) is 0 Å². The molecule has 2 heterocycles. The molecule has 0 atom stereocenters. The largest absolute Gasteiger partial charge is 0.322 e. The maximum Gasteiger partial charge on any atom is 0.255 e. The number of amides is 1. The van der Waals surface area contributed by atoms with Crippen molar-refractivity contribution in [3.05, 3.63) is 47.4 Å². The van der Waals surface area contributed by atoms with Gasteiger partial charge in [0, 0.05) is 28.8 Å². The van der Waals surface area contributed by atoms with Crippen LogP contribution in [-0.2, 0) is 6.42 Å². The summed E-state index contributed by atoms with van der Waals surface area (Å²) in [7, 11) is 0. The Labute approximate surface area is 123 Å². The van der Waals surface area contributed by atoms with Crippen LogP contribution in [0.4, 0.5) is 11.5 Å². The van der Waals surface area contributed by atoms with Crippen LogP contribution in [0.25, 0.3) is 0 Å². The van der Waals surface area contributed by atoms with Gasteiger partial charge in [-0.3, -0.25) is 9.78 Å². The molecule has 2 rings (SSSR count). The fourth-order valence-corrected chi connectivity index (χ4v) is 2.00. The predicted molar refractivity (Wildman–Crippen MR) is 83.0 cm³/mol. The van der Waals surface area contributed by atoms with Gasteiger partial charge in [-0.25, -0.2) is 10.8 Å². The minimum Gasteiger partial charge on any atom is -0.322 e. The Morgan fingerprint density at radius 3 is 2.81 bits per heavy atom. The molecule has 0 aromatic carbocycles. The quantitative estimate of drug-likeness (QED) is 0.579. The lowest BCUT2D eigenvalue weighted by Gasteiger charge is -2.09. The van der Waals surface area contributed by atoms with Crippen molar-refractivity contribution in [1.29, 1.82) is 0 Å². The van der Waals surface area contributed by atoms with E-state index in [1.807, 2.05) is 13.0 Å². The number of hydrogen-bond acceptors (Lipinski definition) is 5. The van der Waals surface area contributed by atoms with Crippen LogP contribution < -0.4 is 16.6 Å². The second kappa shape index (κ2) is 6.81. The highest BCUT2D eigenvalue weighted by molar-refractivity contribution is 6.04.